The molecule has 0 bridgehead atoms. The number of anilines is 1. The van der Waals surface area contributed by atoms with E-state index in [4.69, 9.17) is 11.6 Å². The zero-order chi connectivity index (χ0) is 14.8. The van der Waals surface area contributed by atoms with Crippen molar-refractivity contribution >= 4 is 17.3 Å². The summed E-state index contributed by atoms with van der Waals surface area (Å²) in [6, 6.07) is 15.1. The summed E-state index contributed by atoms with van der Waals surface area (Å²) in [7, 11) is 0. The molecular formula is C19H22ClN. The van der Waals surface area contributed by atoms with E-state index in [1.165, 1.54) is 22.4 Å². The molecule has 1 aliphatic rings. The zero-order valence-electron chi connectivity index (χ0n) is 12.7. The van der Waals surface area contributed by atoms with Gasteiger partial charge in [0.05, 0.1) is 0 Å². The molecule has 2 heteroatoms. The molecule has 0 fully saturated rings. The van der Waals surface area contributed by atoms with Crippen LogP contribution in [0.25, 0.3) is 0 Å². The van der Waals surface area contributed by atoms with Gasteiger partial charge in [0, 0.05) is 17.3 Å². The molecule has 1 N–H and O–H groups in total. The largest absolute Gasteiger partial charge is 0.385 e. The third-order valence-corrected chi connectivity index (χ3v) is 4.58. The third-order valence-electron chi connectivity index (χ3n) is 4.32. The predicted molar refractivity (Wildman–Crippen MR) is 91.4 cm³/mol. The molecule has 21 heavy (non-hydrogen) atoms. The minimum Gasteiger partial charge on any atom is -0.385 e. The van der Waals surface area contributed by atoms with Gasteiger partial charge in [-0.25, -0.2) is 0 Å². The van der Waals surface area contributed by atoms with Crippen LogP contribution in [0.5, 0.6) is 0 Å². The Bertz CT molecular complexity index is 616. The van der Waals surface area contributed by atoms with Crippen LogP contribution in [0.15, 0.2) is 42.5 Å². The van der Waals surface area contributed by atoms with Crippen LogP contribution in [0.2, 0.25) is 5.02 Å². The summed E-state index contributed by atoms with van der Waals surface area (Å²) < 4.78 is 0. The van der Waals surface area contributed by atoms with E-state index < -0.39 is 0 Å². The van der Waals surface area contributed by atoms with Crippen molar-refractivity contribution in [2.75, 3.05) is 11.9 Å². The Morgan fingerprint density at radius 1 is 1.14 bits per heavy atom. The summed E-state index contributed by atoms with van der Waals surface area (Å²) in [6.45, 7) is 5.56. The average Bonchev–Trinajstić information content (AvgIpc) is 2.49. The summed E-state index contributed by atoms with van der Waals surface area (Å²) in [5.74, 6) is 1.24. The molecule has 3 rings (SSSR count). The molecule has 2 aromatic carbocycles. The smallest absolute Gasteiger partial charge is 0.0406 e. The van der Waals surface area contributed by atoms with Crippen LogP contribution in [0.1, 0.15) is 36.5 Å². The Morgan fingerprint density at radius 2 is 1.90 bits per heavy atom. The Labute approximate surface area is 132 Å². The van der Waals surface area contributed by atoms with Crippen molar-refractivity contribution in [3.63, 3.8) is 0 Å². The number of hydrogen-bond donors (Lipinski definition) is 1. The lowest BCUT2D eigenvalue weighted by molar-refractivity contribution is 0.535. The van der Waals surface area contributed by atoms with E-state index >= 15 is 0 Å². The van der Waals surface area contributed by atoms with Gasteiger partial charge in [-0.1, -0.05) is 49.7 Å². The van der Waals surface area contributed by atoms with E-state index in [-0.39, 0.29) is 0 Å². The van der Waals surface area contributed by atoms with Gasteiger partial charge in [0.1, 0.15) is 0 Å². The maximum Gasteiger partial charge on any atom is 0.0406 e. The van der Waals surface area contributed by atoms with Gasteiger partial charge >= 0.3 is 0 Å². The van der Waals surface area contributed by atoms with Gasteiger partial charge in [-0.15, -0.1) is 0 Å². The van der Waals surface area contributed by atoms with Gasteiger partial charge in [-0.3, -0.25) is 0 Å². The maximum atomic E-state index is 5.96. The first-order valence-corrected chi connectivity index (χ1v) is 8.11. The lowest BCUT2D eigenvalue weighted by Gasteiger charge is -2.27. The second-order valence-corrected chi connectivity index (χ2v) is 6.79. The van der Waals surface area contributed by atoms with Crippen LogP contribution in [0.4, 0.5) is 5.69 Å². The normalized spacial score (nSPS) is 17.4. The molecule has 2 aromatic rings. The number of hydrogen-bond acceptors (Lipinski definition) is 1. The van der Waals surface area contributed by atoms with Crippen molar-refractivity contribution in [3.8, 4) is 0 Å². The standard InChI is InChI=1S/C19H22ClN/c1-13(2)16-5-8-19-17(11-16)10-15(12-21-19)9-14-3-6-18(20)7-4-14/h3-8,11,13,15,21H,9-10,12H2,1-2H3. The third kappa shape index (κ3) is 3.41. The fourth-order valence-corrected chi connectivity index (χ4v) is 3.18. The van der Waals surface area contributed by atoms with Crippen LogP contribution in [0, 0.1) is 5.92 Å². The Morgan fingerprint density at radius 3 is 2.62 bits per heavy atom. The Balaban J connectivity index is 1.74. The molecule has 0 radical (unpaired) electrons. The van der Waals surface area contributed by atoms with E-state index in [0.717, 1.165) is 24.4 Å². The highest BCUT2D eigenvalue weighted by Crippen LogP contribution is 2.29. The van der Waals surface area contributed by atoms with Crippen molar-refractivity contribution in [1.82, 2.24) is 0 Å². The average molecular weight is 300 g/mol. The molecule has 0 amide bonds. The van der Waals surface area contributed by atoms with Crippen molar-refractivity contribution in [2.24, 2.45) is 5.92 Å². The van der Waals surface area contributed by atoms with E-state index in [1.807, 2.05) is 12.1 Å². The van der Waals surface area contributed by atoms with Crippen LogP contribution >= 0.6 is 11.6 Å². The number of halogens is 1. The number of fused-ring (bicyclic) bond motifs is 1. The first kappa shape index (κ1) is 14.5. The zero-order valence-corrected chi connectivity index (χ0v) is 13.5. The molecule has 0 aliphatic carbocycles. The minimum absolute atomic E-state index is 0.590. The molecule has 0 aromatic heterocycles. The van der Waals surface area contributed by atoms with Crippen LogP contribution in [0.3, 0.4) is 0 Å². The quantitative estimate of drug-likeness (QED) is 0.812. The second kappa shape index (κ2) is 6.11. The first-order chi connectivity index (χ1) is 10.1. The minimum atomic E-state index is 0.590. The van der Waals surface area contributed by atoms with Crippen molar-refractivity contribution in [3.05, 3.63) is 64.2 Å². The number of benzene rings is 2. The summed E-state index contributed by atoms with van der Waals surface area (Å²) >= 11 is 5.96. The van der Waals surface area contributed by atoms with Gasteiger partial charge in [-0.05, 0) is 59.6 Å². The summed E-state index contributed by atoms with van der Waals surface area (Å²) in [4.78, 5) is 0. The van der Waals surface area contributed by atoms with Crippen LogP contribution in [-0.2, 0) is 12.8 Å². The highest BCUT2D eigenvalue weighted by Gasteiger charge is 2.19. The van der Waals surface area contributed by atoms with Gasteiger partial charge in [-0.2, -0.15) is 0 Å². The molecular weight excluding hydrogens is 278 g/mol. The SMILES string of the molecule is CC(C)c1ccc2c(c1)CC(Cc1ccc(Cl)cc1)CN2. The second-order valence-electron chi connectivity index (χ2n) is 6.35. The van der Waals surface area contributed by atoms with Crippen molar-refractivity contribution < 1.29 is 0 Å². The molecule has 0 spiro atoms. The molecule has 0 saturated carbocycles. The molecule has 1 atom stereocenters. The van der Waals surface area contributed by atoms with Crippen LogP contribution < -0.4 is 5.32 Å². The topological polar surface area (TPSA) is 12.0 Å². The number of nitrogens with one attached hydrogen (secondary N) is 1. The molecule has 1 aliphatic heterocycles. The highest BCUT2D eigenvalue weighted by atomic mass is 35.5. The van der Waals surface area contributed by atoms with Crippen LogP contribution in [-0.4, -0.2) is 6.54 Å². The first-order valence-electron chi connectivity index (χ1n) is 7.73. The van der Waals surface area contributed by atoms with Crippen molar-refractivity contribution in [2.45, 2.75) is 32.6 Å². The summed E-state index contributed by atoms with van der Waals surface area (Å²) in [5.41, 5.74) is 5.58. The predicted octanol–water partition coefficient (Wildman–Crippen LogP) is 5.29. The molecule has 0 saturated heterocycles. The highest BCUT2D eigenvalue weighted by molar-refractivity contribution is 6.30. The molecule has 110 valence electrons. The van der Waals surface area contributed by atoms with E-state index in [9.17, 15) is 0 Å². The lowest BCUT2D eigenvalue weighted by atomic mass is 9.87. The van der Waals surface area contributed by atoms with Gasteiger partial charge in [0.15, 0.2) is 0 Å². The van der Waals surface area contributed by atoms with Crippen molar-refractivity contribution in [1.29, 1.82) is 0 Å². The lowest BCUT2D eigenvalue weighted by Crippen LogP contribution is -2.25. The van der Waals surface area contributed by atoms with Gasteiger partial charge in [0.2, 0.25) is 0 Å². The fourth-order valence-electron chi connectivity index (χ4n) is 3.05. The molecule has 1 heterocycles. The van der Waals surface area contributed by atoms with Gasteiger partial charge < -0.3 is 5.32 Å². The number of rotatable bonds is 3. The van der Waals surface area contributed by atoms with Gasteiger partial charge in [0.25, 0.3) is 0 Å². The fraction of sp³-hybridized carbons (Fsp3) is 0.368. The molecule has 1 unspecified atom stereocenters. The van der Waals surface area contributed by atoms with E-state index in [1.54, 1.807) is 0 Å². The maximum absolute atomic E-state index is 5.96. The Hall–Kier alpha value is -1.47. The van der Waals surface area contributed by atoms with E-state index in [2.05, 4.69) is 49.5 Å². The molecule has 1 nitrogen and oxygen atoms in total. The summed E-state index contributed by atoms with van der Waals surface area (Å²) in [5, 5.41) is 4.40. The Kier molecular flexibility index (Phi) is 4.21. The monoisotopic (exact) mass is 299 g/mol. The van der Waals surface area contributed by atoms with E-state index in [0.29, 0.717) is 11.8 Å². The summed E-state index contributed by atoms with van der Waals surface area (Å²) in [6.07, 6.45) is 2.26.